The number of carbonyl (C=O) groups is 1. The number of rotatable bonds is 4. The lowest BCUT2D eigenvalue weighted by Crippen LogP contribution is -2.47. The molecule has 124 valence electrons. The smallest absolute Gasteiger partial charge is 0.271 e. The Balaban J connectivity index is 1.61. The van der Waals surface area contributed by atoms with Crippen LogP contribution in [0.4, 0.5) is 0 Å². The zero-order chi connectivity index (χ0) is 16.7. The molecule has 1 atom stereocenters. The molecular formula is C16H17N5O2S. The number of nitrogens with one attached hydrogen (secondary N) is 1. The van der Waals surface area contributed by atoms with E-state index in [1.54, 1.807) is 30.2 Å². The molecule has 8 heteroatoms. The van der Waals surface area contributed by atoms with Crippen molar-refractivity contribution in [3.63, 3.8) is 0 Å². The molecule has 0 radical (unpaired) electrons. The highest BCUT2D eigenvalue weighted by molar-refractivity contribution is 7.17. The largest absolute Gasteiger partial charge is 0.393 e. The molecule has 0 unspecified atom stereocenters. The first kappa shape index (κ1) is 15.2. The van der Waals surface area contributed by atoms with Gasteiger partial charge < -0.3 is 10.4 Å². The number of nitrogens with zero attached hydrogens (tertiary/aromatic N) is 4. The van der Waals surface area contributed by atoms with Crippen molar-refractivity contribution in [3.8, 4) is 5.95 Å². The van der Waals surface area contributed by atoms with Gasteiger partial charge in [0, 0.05) is 18.4 Å². The first-order valence-electron chi connectivity index (χ1n) is 7.84. The van der Waals surface area contributed by atoms with Gasteiger partial charge in [-0.05, 0) is 37.1 Å². The molecule has 0 aliphatic heterocycles. The molecule has 1 aliphatic rings. The molecule has 1 fully saturated rings. The second-order valence-electron chi connectivity index (χ2n) is 6.12. The van der Waals surface area contributed by atoms with Gasteiger partial charge in [0.2, 0.25) is 5.95 Å². The van der Waals surface area contributed by atoms with Crippen LogP contribution in [0.3, 0.4) is 0 Å². The molecule has 7 nitrogen and oxygen atoms in total. The molecule has 1 saturated carbocycles. The van der Waals surface area contributed by atoms with Gasteiger partial charge >= 0.3 is 0 Å². The standard InChI is InChI=1S/C16H17N5O2S/c1-9(22)10-6-11(7-10)18-15(23)13-14-12(2-5-24-14)19-16(20-13)21-4-3-17-8-21/h2-5,8-11,22H,6-7H2,1H3,(H,18,23)/t9-,10-,11-/m0/s1. The van der Waals surface area contributed by atoms with Crippen molar-refractivity contribution in [2.45, 2.75) is 31.9 Å². The van der Waals surface area contributed by atoms with Gasteiger partial charge in [-0.1, -0.05) is 0 Å². The minimum Gasteiger partial charge on any atom is -0.393 e. The lowest BCUT2D eigenvalue weighted by Gasteiger charge is -2.37. The maximum atomic E-state index is 12.7. The molecule has 3 aromatic heterocycles. The average Bonchev–Trinajstić information content (AvgIpc) is 3.18. The van der Waals surface area contributed by atoms with Gasteiger partial charge in [0.15, 0.2) is 5.69 Å². The highest BCUT2D eigenvalue weighted by Crippen LogP contribution is 2.31. The van der Waals surface area contributed by atoms with Gasteiger partial charge in [0.05, 0.1) is 16.3 Å². The Labute approximate surface area is 142 Å². The molecule has 0 spiro atoms. The molecule has 4 rings (SSSR count). The van der Waals surface area contributed by atoms with E-state index in [1.807, 2.05) is 11.4 Å². The first-order valence-corrected chi connectivity index (χ1v) is 8.72. The summed E-state index contributed by atoms with van der Waals surface area (Å²) in [6, 6.07) is 1.98. The summed E-state index contributed by atoms with van der Waals surface area (Å²) in [5.74, 6) is 0.503. The van der Waals surface area contributed by atoms with Crippen LogP contribution in [-0.4, -0.2) is 42.7 Å². The van der Waals surface area contributed by atoms with E-state index in [-0.39, 0.29) is 24.0 Å². The topological polar surface area (TPSA) is 92.9 Å². The van der Waals surface area contributed by atoms with Crippen LogP contribution in [-0.2, 0) is 0 Å². The van der Waals surface area contributed by atoms with Crippen molar-refractivity contribution in [1.82, 2.24) is 24.8 Å². The fraction of sp³-hybridized carbons (Fsp3) is 0.375. The number of aliphatic hydroxyl groups excluding tert-OH is 1. The number of aromatic nitrogens is 4. The first-order chi connectivity index (χ1) is 11.6. The Morgan fingerprint density at radius 3 is 3.00 bits per heavy atom. The molecular weight excluding hydrogens is 326 g/mol. The van der Waals surface area contributed by atoms with Crippen molar-refractivity contribution < 1.29 is 9.90 Å². The molecule has 1 aliphatic carbocycles. The maximum absolute atomic E-state index is 12.7. The van der Waals surface area contributed by atoms with Crippen LogP contribution in [0.15, 0.2) is 30.2 Å². The summed E-state index contributed by atoms with van der Waals surface area (Å²) in [4.78, 5) is 25.6. The fourth-order valence-corrected chi connectivity index (χ4v) is 3.74. The third-order valence-electron chi connectivity index (χ3n) is 4.43. The molecule has 0 saturated heterocycles. The monoisotopic (exact) mass is 343 g/mol. The van der Waals surface area contributed by atoms with Crippen molar-refractivity contribution >= 4 is 27.5 Å². The van der Waals surface area contributed by atoms with E-state index < -0.39 is 0 Å². The summed E-state index contributed by atoms with van der Waals surface area (Å²) >= 11 is 1.46. The molecule has 0 bridgehead atoms. The van der Waals surface area contributed by atoms with Crippen molar-refractivity contribution in [1.29, 1.82) is 0 Å². The zero-order valence-electron chi connectivity index (χ0n) is 13.1. The van der Waals surface area contributed by atoms with Crippen LogP contribution >= 0.6 is 11.3 Å². The summed E-state index contributed by atoms with van der Waals surface area (Å²) in [7, 11) is 0. The minimum atomic E-state index is -0.325. The van der Waals surface area contributed by atoms with Gasteiger partial charge in [-0.3, -0.25) is 9.36 Å². The Morgan fingerprint density at radius 2 is 2.29 bits per heavy atom. The number of carbonyl (C=O) groups excluding carboxylic acids is 1. The number of hydrogen-bond donors (Lipinski definition) is 2. The molecule has 0 aromatic carbocycles. The number of aliphatic hydroxyl groups is 1. The third kappa shape index (κ3) is 2.67. The van der Waals surface area contributed by atoms with Crippen LogP contribution in [0.2, 0.25) is 0 Å². The zero-order valence-corrected chi connectivity index (χ0v) is 13.9. The predicted octanol–water partition coefficient (Wildman–Crippen LogP) is 1.77. The van der Waals surface area contributed by atoms with Gasteiger partial charge in [-0.2, -0.15) is 0 Å². The van der Waals surface area contributed by atoms with E-state index in [4.69, 9.17) is 0 Å². The Bertz CT molecular complexity index is 868. The Kier molecular flexibility index (Phi) is 3.78. The summed E-state index contributed by atoms with van der Waals surface area (Å²) in [5.41, 5.74) is 1.14. The van der Waals surface area contributed by atoms with Gasteiger partial charge in [-0.15, -0.1) is 11.3 Å². The number of imidazole rings is 1. The molecule has 1 amide bonds. The SMILES string of the molecule is C[C@H](O)[C@H]1C[C@H](NC(=O)c2nc(-n3ccnc3)nc3ccsc23)C1. The fourth-order valence-electron chi connectivity index (χ4n) is 2.93. The summed E-state index contributed by atoms with van der Waals surface area (Å²) in [6.45, 7) is 1.79. The van der Waals surface area contributed by atoms with Crippen LogP contribution < -0.4 is 5.32 Å². The van der Waals surface area contributed by atoms with Gasteiger partial charge in [-0.25, -0.2) is 15.0 Å². The Morgan fingerprint density at radius 1 is 1.46 bits per heavy atom. The van der Waals surface area contributed by atoms with Gasteiger partial charge in [0.1, 0.15) is 6.33 Å². The predicted molar refractivity (Wildman–Crippen MR) is 90.2 cm³/mol. The molecule has 2 N–H and O–H groups in total. The van der Waals surface area contributed by atoms with Crippen LogP contribution in [0.1, 0.15) is 30.3 Å². The van der Waals surface area contributed by atoms with Crippen molar-refractivity contribution in [2.75, 3.05) is 0 Å². The average molecular weight is 343 g/mol. The van der Waals surface area contributed by atoms with E-state index in [0.29, 0.717) is 11.6 Å². The summed E-state index contributed by atoms with van der Waals surface area (Å²) < 4.78 is 2.46. The number of fused-ring (bicyclic) bond motifs is 1. The van der Waals surface area contributed by atoms with E-state index >= 15 is 0 Å². The number of amides is 1. The van der Waals surface area contributed by atoms with Crippen LogP contribution in [0, 0.1) is 5.92 Å². The molecule has 3 heterocycles. The van der Waals surface area contributed by atoms with E-state index in [2.05, 4.69) is 20.3 Å². The Hall–Kier alpha value is -2.32. The normalized spacial score (nSPS) is 21.4. The van der Waals surface area contributed by atoms with E-state index in [0.717, 1.165) is 23.1 Å². The lowest BCUT2D eigenvalue weighted by atomic mass is 9.77. The highest BCUT2D eigenvalue weighted by Gasteiger charge is 2.34. The van der Waals surface area contributed by atoms with E-state index in [9.17, 15) is 9.90 Å². The summed E-state index contributed by atoms with van der Waals surface area (Å²) in [6.07, 6.45) is 6.27. The second-order valence-corrected chi connectivity index (χ2v) is 7.04. The number of thiophene rings is 1. The second kappa shape index (κ2) is 5.95. The molecule has 24 heavy (non-hydrogen) atoms. The highest BCUT2D eigenvalue weighted by atomic mass is 32.1. The lowest BCUT2D eigenvalue weighted by molar-refractivity contribution is 0.0509. The van der Waals surface area contributed by atoms with E-state index in [1.165, 1.54) is 11.3 Å². The van der Waals surface area contributed by atoms with Crippen molar-refractivity contribution in [2.24, 2.45) is 5.92 Å². The number of hydrogen-bond acceptors (Lipinski definition) is 6. The molecule has 3 aromatic rings. The minimum absolute atomic E-state index is 0.0961. The summed E-state index contributed by atoms with van der Waals surface area (Å²) in [5, 5.41) is 14.5. The quantitative estimate of drug-likeness (QED) is 0.753. The van der Waals surface area contributed by atoms with Crippen LogP contribution in [0.5, 0.6) is 0 Å². The maximum Gasteiger partial charge on any atom is 0.271 e. The van der Waals surface area contributed by atoms with Crippen molar-refractivity contribution in [3.05, 3.63) is 35.9 Å². The third-order valence-corrected chi connectivity index (χ3v) is 5.34. The van der Waals surface area contributed by atoms with Gasteiger partial charge in [0.25, 0.3) is 5.91 Å². The van der Waals surface area contributed by atoms with Crippen LogP contribution in [0.25, 0.3) is 16.2 Å².